The number of rotatable bonds is 5. The van der Waals surface area contributed by atoms with Gasteiger partial charge in [-0.05, 0) is 54.8 Å². The van der Waals surface area contributed by atoms with Gasteiger partial charge in [0.1, 0.15) is 5.75 Å². The molecule has 0 saturated heterocycles. The predicted molar refractivity (Wildman–Crippen MR) is 82.4 cm³/mol. The highest BCUT2D eigenvalue weighted by atomic mass is 16.5. The number of amides is 1. The van der Waals surface area contributed by atoms with Crippen LogP contribution in [0.25, 0.3) is 0 Å². The zero-order valence-corrected chi connectivity index (χ0v) is 12.2. The summed E-state index contributed by atoms with van der Waals surface area (Å²) in [4.78, 5) is 11.8. The summed E-state index contributed by atoms with van der Waals surface area (Å²) in [6.45, 7) is 3.98. The molecule has 0 fully saturated rings. The van der Waals surface area contributed by atoms with Crippen LogP contribution in [0.2, 0.25) is 0 Å². The van der Waals surface area contributed by atoms with E-state index in [1.54, 1.807) is 24.3 Å². The van der Waals surface area contributed by atoms with E-state index in [2.05, 4.69) is 5.32 Å². The maximum absolute atomic E-state index is 11.8. The molecule has 0 unspecified atom stereocenters. The van der Waals surface area contributed by atoms with Gasteiger partial charge in [0.15, 0.2) is 6.61 Å². The average Bonchev–Trinajstić information content (AvgIpc) is 2.49. The first-order chi connectivity index (χ1) is 10.1. The third-order valence-electron chi connectivity index (χ3n) is 3.27. The fourth-order valence-corrected chi connectivity index (χ4v) is 1.86. The summed E-state index contributed by atoms with van der Waals surface area (Å²) >= 11 is 0. The van der Waals surface area contributed by atoms with Crippen molar-refractivity contribution >= 4 is 11.6 Å². The number of carbonyl (C=O) groups is 1. The van der Waals surface area contributed by atoms with Crippen molar-refractivity contribution in [2.45, 2.75) is 20.5 Å². The number of aryl methyl sites for hydroxylation is 2. The molecule has 4 nitrogen and oxygen atoms in total. The Morgan fingerprint density at radius 1 is 1.10 bits per heavy atom. The molecular weight excluding hydrogens is 266 g/mol. The minimum atomic E-state index is -0.204. The van der Waals surface area contributed by atoms with Gasteiger partial charge in [-0.2, -0.15) is 0 Å². The minimum absolute atomic E-state index is 0.00641. The third kappa shape index (κ3) is 4.33. The molecule has 110 valence electrons. The molecule has 0 aliphatic carbocycles. The number of aliphatic hydroxyl groups excluding tert-OH is 1. The first kappa shape index (κ1) is 15.1. The quantitative estimate of drug-likeness (QED) is 0.888. The SMILES string of the molecule is Cc1ccc(NC(=O)COc2ccc(CO)cc2)cc1C. The van der Waals surface area contributed by atoms with Crippen molar-refractivity contribution in [3.8, 4) is 5.75 Å². The van der Waals surface area contributed by atoms with Crippen molar-refractivity contribution in [1.82, 2.24) is 0 Å². The topological polar surface area (TPSA) is 58.6 Å². The van der Waals surface area contributed by atoms with Gasteiger partial charge in [0.25, 0.3) is 5.91 Å². The Morgan fingerprint density at radius 3 is 2.43 bits per heavy atom. The van der Waals surface area contributed by atoms with Gasteiger partial charge >= 0.3 is 0 Å². The number of ether oxygens (including phenoxy) is 1. The Hall–Kier alpha value is -2.33. The summed E-state index contributed by atoms with van der Waals surface area (Å²) < 4.78 is 5.40. The maximum Gasteiger partial charge on any atom is 0.262 e. The van der Waals surface area contributed by atoms with Gasteiger partial charge < -0.3 is 15.2 Å². The van der Waals surface area contributed by atoms with Crippen molar-refractivity contribution in [3.63, 3.8) is 0 Å². The number of benzene rings is 2. The Balaban J connectivity index is 1.87. The zero-order chi connectivity index (χ0) is 15.2. The van der Waals surface area contributed by atoms with Gasteiger partial charge in [-0.15, -0.1) is 0 Å². The van der Waals surface area contributed by atoms with Crippen LogP contribution in [0, 0.1) is 13.8 Å². The second-order valence-electron chi connectivity index (χ2n) is 4.94. The van der Waals surface area contributed by atoms with Gasteiger partial charge in [-0.1, -0.05) is 18.2 Å². The number of nitrogens with one attached hydrogen (secondary N) is 1. The highest BCUT2D eigenvalue weighted by Crippen LogP contribution is 2.15. The molecule has 2 N–H and O–H groups in total. The number of hydrogen-bond donors (Lipinski definition) is 2. The van der Waals surface area contributed by atoms with Crippen LogP contribution in [0.15, 0.2) is 42.5 Å². The molecular formula is C17H19NO3. The van der Waals surface area contributed by atoms with Crippen LogP contribution in [-0.4, -0.2) is 17.6 Å². The third-order valence-corrected chi connectivity index (χ3v) is 3.27. The molecule has 0 bridgehead atoms. The summed E-state index contributed by atoms with van der Waals surface area (Å²) in [5, 5.41) is 11.7. The van der Waals surface area contributed by atoms with Gasteiger partial charge in [0.05, 0.1) is 6.61 Å². The van der Waals surface area contributed by atoms with E-state index < -0.39 is 0 Å². The molecule has 0 aliphatic rings. The molecule has 0 heterocycles. The standard InChI is InChI=1S/C17H19NO3/c1-12-3-6-15(9-13(12)2)18-17(20)11-21-16-7-4-14(10-19)5-8-16/h3-9,19H,10-11H2,1-2H3,(H,18,20). The van der Waals surface area contributed by atoms with Crippen LogP contribution < -0.4 is 10.1 Å². The zero-order valence-electron chi connectivity index (χ0n) is 12.2. The first-order valence-electron chi connectivity index (χ1n) is 6.78. The Kier molecular flexibility index (Phi) is 4.95. The van der Waals surface area contributed by atoms with Crippen molar-refractivity contribution < 1.29 is 14.6 Å². The lowest BCUT2D eigenvalue weighted by Gasteiger charge is -2.09. The van der Waals surface area contributed by atoms with E-state index in [-0.39, 0.29) is 19.1 Å². The number of carbonyl (C=O) groups excluding carboxylic acids is 1. The monoisotopic (exact) mass is 285 g/mol. The van der Waals surface area contributed by atoms with Gasteiger partial charge in [-0.3, -0.25) is 4.79 Å². The van der Waals surface area contributed by atoms with Crippen molar-refractivity contribution in [2.24, 2.45) is 0 Å². The Morgan fingerprint density at radius 2 is 1.81 bits per heavy atom. The molecule has 21 heavy (non-hydrogen) atoms. The number of aliphatic hydroxyl groups is 1. The largest absolute Gasteiger partial charge is 0.484 e. The van der Waals surface area contributed by atoms with Gasteiger partial charge in [0, 0.05) is 5.69 Å². The highest BCUT2D eigenvalue weighted by Gasteiger charge is 2.04. The molecule has 0 aliphatic heterocycles. The van der Waals surface area contributed by atoms with E-state index in [0.29, 0.717) is 5.75 Å². The molecule has 0 aromatic heterocycles. The van der Waals surface area contributed by atoms with E-state index in [1.165, 1.54) is 5.56 Å². The average molecular weight is 285 g/mol. The van der Waals surface area contributed by atoms with Crippen molar-refractivity contribution in [3.05, 3.63) is 59.2 Å². The van der Waals surface area contributed by atoms with Gasteiger partial charge in [0.2, 0.25) is 0 Å². The lowest BCUT2D eigenvalue weighted by Crippen LogP contribution is -2.20. The fourth-order valence-electron chi connectivity index (χ4n) is 1.86. The Bertz CT molecular complexity index is 620. The lowest BCUT2D eigenvalue weighted by atomic mass is 10.1. The van der Waals surface area contributed by atoms with E-state index >= 15 is 0 Å². The molecule has 0 spiro atoms. The normalized spacial score (nSPS) is 10.2. The van der Waals surface area contributed by atoms with Crippen LogP contribution in [0.3, 0.4) is 0 Å². The van der Waals surface area contributed by atoms with Crippen molar-refractivity contribution in [2.75, 3.05) is 11.9 Å². The Labute approximate surface area is 124 Å². The maximum atomic E-state index is 11.8. The predicted octanol–water partition coefficient (Wildman–Crippen LogP) is 2.81. The second kappa shape index (κ2) is 6.90. The molecule has 2 rings (SSSR count). The summed E-state index contributed by atoms with van der Waals surface area (Å²) in [7, 11) is 0. The second-order valence-corrected chi connectivity index (χ2v) is 4.94. The summed E-state index contributed by atoms with van der Waals surface area (Å²) in [5.41, 5.74) is 3.89. The van der Waals surface area contributed by atoms with E-state index in [1.807, 2.05) is 32.0 Å². The molecule has 0 radical (unpaired) electrons. The molecule has 0 saturated carbocycles. The van der Waals surface area contributed by atoms with Crippen LogP contribution in [-0.2, 0) is 11.4 Å². The number of anilines is 1. The molecule has 4 heteroatoms. The summed E-state index contributed by atoms with van der Waals surface area (Å²) in [6, 6.07) is 12.8. The number of hydrogen-bond acceptors (Lipinski definition) is 3. The molecule has 0 atom stereocenters. The van der Waals surface area contributed by atoms with E-state index in [0.717, 1.165) is 16.8 Å². The fraction of sp³-hybridized carbons (Fsp3) is 0.235. The van der Waals surface area contributed by atoms with Crippen LogP contribution in [0.1, 0.15) is 16.7 Å². The minimum Gasteiger partial charge on any atom is -0.484 e. The smallest absolute Gasteiger partial charge is 0.262 e. The van der Waals surface area contributed by atoms with Crippen LogP contribution in [0.5, 0.6) is 5.75 Å². The van der Waals surface area contributed by atoms with E-state index in [9.17, 15) is 4.79 Å². The molecule has 1 amide bonds. The van der Waals surface area contributed by atoms with Crippen LogP contribution in [0.4, 0.5) is 5.69 Å². The molecule has 2 aromatic carbocycles. The van der Waals surface area contributed by atoms with E-state index in [4.69, 9.17) is 9.84 Å². The summed E-state index contributed by atoms with van der Waals surface area (Å²) in [5.74, 6) is 0.395. The lowest BCUT2D eigenvalue weighted by molar-refractivity contribution is -0.118. The van der Waals surface area contributed by atoms with Crippen LogP contribution >= 0.6 is 0 Å². The summed E-state index contributed by atoms with van der Waals surface area (Å²) in [6.07, 6.45) is 0. The highest BCUT2D eigenvalue weighted by molar-refractivity contribution is 5.92. The van der Waals surface area contributed by atoms with Gasteiger partial charge in [-0.25, -0.2) is 0 Å². The first-order valence-corrected chi connectivity index (χ1v) is 6.78. The van der Waals surface area contributed by atoms with Crippen molar-refractivity contribution in [1.29, 1.82) is 0 Å². The molecule has 2 aromatic rings.